The Hall–Kier alpha value is -2.42. The van der Waals surface area contributed by atoms with Gasteiger partial charge in [-0.15, -0.1) is 11.3 Å². The highest BCUT2D eigenvalue weighted by Gasteiger charge is 2.31. The van der Waals surface area contributed by atoms with Crippen molar-refractivity contribution in [1.82, 2.24) is 20.4 Å². The molecule has 0 aliphatic carbocycles. The zero-order chi connectivity index (χ0) is 22.2. The van der Waals surface area contributed by atoms with E-state index in [2.05, 4.69) is 38.8 Å². The van der Waals surface area contributed by atoms with Crippen molar-refractivity contribution in [2.24, 2.45) is 0 Å². The summed E-state index contributed by atoms with van der Waals surface area (Å²) in [4.78, 5) is 31.1. The number of nitrogens with zero attached hydrogens (tertiary/aromatic N) is 2. The van der Waals surface area contributed by atoms with Crippen LogP contribution in [0, 0.1) is 0 Å². The van der Waals surface area contributed by atoms with Crippen LogP contribution in [0.3, 0.4) is 0 Å². The van der Waals surface area contributed by atoms with Crippen molar-refractivity contribution in [3.63, 3.8) is 0 Å². The van der Waals surface area contributed by atoms with E-state index in [1.807, 2.05) is 37.3 Å². The van der Waals surface area contributed by atoms with Crippen LogP contribution in [-0.2, 0) is 16.1 Å². The molecule has 2 N–H and O–H groups in total. The quantitative estimate of drug-likeness (QED) is 0.611. The molecule has 1 saturated heterocycles. The molecule has 1 aliphatic heterocycles. The Bertz CT molecular complexity index is 850. The zero-order valence-electron chi connectivity index (χ0n) is 18.5. The van der Waals surface area contributed by atoms with E-state index in [1.54, 1.807) is 18.4 Å². The Balaban J connectivity index is 1.60. The van der Waals surface area contributed by atoms with Gasteiger partial charge in [-0.05, 0) is 31.0 Å². The summed E-state index contributed by atoms with van der Waals surface area (Å²) < 4.78 is 5.30. The van der Waals surface area contributed by atoms with Gasteiger partial charge in [0.1, 0.15) is 5.75 Å². The Morgan fingerprint density at radius 2 is 1.84 bits per heavy atom. The summed E-state index contributed by atoms with van der Waals surface area (Å²) in [5.74, 6) is -0.574. The second-order valence-corrected chi connectivity index (χ2v) is 8.67. The smallest absolute Gasteiger partial charge is 0.309 e. The van der Waals surface area contributed by atoms with E-state index in [9.17, 15) is 9.59 Å². The molecule has 3 rings (SSSR count). The van der Waals surface area contributed by atoms with E-state index < -0.39 is 11.8 Å². The van der Waals surface area contributed by atoms with Crippen LogP contribution in [0.4, 0.5) is 0 Å². The average molecular weight is 445 g/mol. The van der Waals surface area contributed by atoms with Gasteiger partial charge in [0.2, 0.25) is 0 Å². The van der Waals surface area contributed by atoms with Gasteiger partial charge in [0.15, 0.2) is 0 Å². The number of nitrogens with one attached hydrogen (secondary N) is 2. The lowest BCUT2D eigenvalue weighted by Gasteiger charge is -2.41. The van der Waals surface area contributed by atoms with Crippen molar-refractivity contribution in [2.75, 3.05) is 39.8 Å². The van der Waals surface area contributed by atoms with E-state index in [0.717, 1.165) is 38.3 Å². The van der Waals surface area contributed by atoms with Crippen LogP contribution >= 0.6 is 11.3 Å². The molecule has 0 saturated carbocycles. The maximum Gasteiger partial charge on any atom is 0.309 e. The lowest BCUT2D eigenvalue weighted by molar-refractivity contribution is -0.140. The molecule has 7 nitrogen and oxygen atoms in total. The number of carbonyl (C=O) groups excluding carboxylic acids is 2. The normalized spacial score (nSPS) is 17.0. The SMILES string of the molecule is CCN1CCN([C@H](c2cccs2)[C@H](C)NC(=O)C(=O)NCc2ccccc2OC)CC1. The van der Waals surface area contributed by atoms with Crippen LogP contribution in [-0.4, -0.2) is 67.5 Å². The molecule has 1 aromatic carbocycles. The van der Waals surface area contributed by atoms with Gasteiger partial charge in [0, 0.05) is 49.2 Å². The van der Waals surface area contributed by atoms with Crippen molar-refractivity contribution in [2.45, 2.75) is 32.5 Å². The Labute approximate surface area is 188 Å². The molecule has 0 radical (unpaired) electrons. The topological polar surface area (TPSA) is 73.9 Å². The van der Waals surface area contributed by atoms with Gasteiger partial charge in [-0.3, -0.25) is 14.5 Å². The molecule has 31 heavy (non-hydrogen) atoms. The molecule has 2 heterocycles. The van der Waals surface area contributed by atoms with E-state index in [1.165, 1.54) is 4.88 Å². The first-order valence-corrected chi connectivity index (χ1v) is 11.6. The van der Waals surface area contributed by atoms with Crippen molar-refractivity contribution in [3.05, 3.63) is 52.2 Å². The molecule has 0 unspecified atom stereocenters. The number of benzene rings is 1. The Morgan fingerprint density at radius 1 is 1.10 bits per heavy atom. The minimum Gasteiger partial charge on any atom is -0.496 e. The van der Waals surface area contributed by atoms with Crippen LogP contribution in [0.1, 0.15) is 30.3 Å². The largest absolute Gasteiger partial charge is 0.496 e. The summed E-state index contributed by atoms with van der Waals surface area (Å²) in [6, 6.07) is 11.4. The highest BCUT2D eigenvalue weighted by Crippen LogP contribution is 2.29. The fourth-order valence-electron chi connectivity index (χ4n) is 4.02. The number of likely N-dealkylation sites (N-methyl/N-ethyl adjacent to an activating group) is 1. The average Bonchev–Trinajstić information content (AvgIpc) is 3.32. The third-order valence-corrected chi connectivity index (χ3v) is 6.70. The summed E-state index contributed by atoms with van der Waals surface area (Å²) >= 11 is 1.69. The molecule has 1 fully saturated rings. The third-order valence-electron chi connectivity index (χ3n) is 5.75. The van der Waals surface area contributed by atoms with E-state index >= 15 is 0 Å². The molecule has 168 valence electrons. The fourth-order valence-corrected chi connectivity index (χ4v) is 4.98. The number of para-hydroxylation sites is 1. The second-order valence-electron chi connectivity index (χ2n) is 7.69. The van der Waals surface area contributed by atoms with Gasteiger partial charge < -0.3 is 20.3 Å². The van der Waals surface area contributed by atoms with E-state index in [-0.39, 0.29) is 18.6 Å². The first-order valence-electron chi connectivity index (χ1n) is 10.7. The maximum atomic E-state index is 12.6. The van der Waals surface area contributed by atoms with Crippen molar-refractivity contribution in [3.8, 4) is 5.75 Å². The summed E-state index contributed by atoms with van der Waals surface area (Å²) in [6.07, 6.45) is 0. The number of methoxy groups -OCH3 is 1. The molecule has 2 aromatic rings. The number of piperazine rings is 1. The van der Waals surface area contributed by atoms with Crippen LogP contribution in [0.25, 0.3) is 0 Å². The molecule has 0 bridgehead atoms. The monoisotopic (exact) mass is 444 g/mol. The van der Waals surface area contributed by atoms with Crippen molar-refractivity contribution < 1.29 is 14.3 Å². The number of thiophene rings is 1. The van der Waals surface area contributed by atoms with Crippen molar-refractivity contribution >= 4 is 23.2 Å². The standard InChI is InChI=1S/C23H32N4O3S/c1-4-26-11-13-27(14-12-26)21(20-10-7-15-31-20)17(2)25-23(29)22(28)24-16-18-8-5-6-9-19(18)30-3/h5-10,15,17,21H,4,11-14,16H2,1-3H3,(H,24,28)(H,25,29)/t17-,21-/m0/s1. The van der Waals surface area contributed by atoms with Gasteiger partial charge in [-0.1, -0.05) is 31.2 Å². The Kier molecular flexibility index (Phi) is 8.45. The number of ether oxygens (including phenoxy) is 1. The van der Waals surface area contributed by atoms with Crippen molar-refractivity contribution in [1.29, 1.82) is 0 Å². The van der Waals surface area contributed by atoms with Gasteiger partial charge in [0.25, 0.3) is 0 Å². The number of hydrogen-bond donors (Lipinski definition) is 2. The molecule has 2 amide bonds. The molecular weight excluding hydrogens is 412 g/mol. The van der Waals surface area contributed by atoms with E-state index in [0.29, 0.717) is 5.75 Å². The molecule has 8 heteroatoms. The molecule has 0 spiro atoms. The minimum atomic E-state index is -0.640. The summed E-state index contributed by atoms with van der Waals surface area (Å²) in [5.41, 5.74) is 0.824. The molecule has 2 atom stereocenters. The van der Waals surface area contributed by atoms with Crippen LogP contribution in [0.2, 0.25) is 0 Å². The lowest BCUT2D eigenvalue weighted by atomic mass is 10.0. The number of carbonyl (C=O) groups is 2. The summed E-state index contributed by atoms with van der Waals surface area (Å²) in [6.45, 7) is 9.35. The second kappa shape index (κ2) is 11.3. The first-order chi connectivity index (χ1) is 15.0. The van der Waals surface area contributed by atoms with E-state index in [4.69, 9.17) is 4.74 Å². The van der Waals surface area contributed by atoms with Crippen LogP contribution in [0.15, 0.2) is 41.8 Å². The maximum absolute atomic E-state index is 12.6. The first kappa shape index (κ1) is 23.2. The number of rotatable bonds is 8. The highest BCUT2D eigenvalue weighted by molar-refractivity contribution is 7.10. The third kappa shape index (κ3) is 6.06. The minimum absolute atomic E-state index is 0.0463. The zero-order valence-corrected chi connectivity index (χ0v) is 19.3. The Morgan fingerprint density at radius 3 is 2.48 bits per heavy atom. The highest BCUT2D eigenvalue weighted by atomic mass is 32.1. The van der Waals surface area contributed by atoms with Crippen LogP contribution in [0.5, 0.6) is 5.75 Å². The lowest BCUT2D eigenvalue weighted by Crippen LogP contribution is -2.53. The number of hydrogen-bond acceptors (Lipinski definition) is 6. The van der Waals surface area contributed by atoms with Gasteiger partial charge in [-0.25, -0.2) is 0 Å². The predicted molar refractivity (Wildman–Crippen MR) is 123 cm³/mol. The molecule has 1 aliphatic rings. The predicted octanol–water partition coefficient (Wildman–Crippen LogP) is 2.26. The summed E-state index contributed by atoms with van der Waals surface area (Å²) in [5, 5.41) is 7.68. The molecule has 1 aromatic heterocycles. The molecular formula is C23H32N4O3S. The number of amides is 2. The van der Waals surface area contributed by atoms with Gasteiger partial charge in [0.05, 0.1) is 13.2 Å². The fraction of sp³-hybridized carbons (Fsp3) is 0.478. The van der Waals surface area contributed by atoms with Crippen LogP contribution < -0.4 is 15.4 Å². The van der Waals surface area contributed by atoms with Gasteiger partial charge in [-0.2, -0.15) is 0 Å². The summed E-state index contributed by atoms with van der Waals surface area (Å²) in [7, 11) is 1.58. The van der Waals surface area contributed by atoms with Gasteiger partial charge >= 0.3 is 11.8 Å².